The number of hydrogen-bond acceptors (Lipinski definition) is 6. The van der Waals surface area contributed by atoms with Crippen molar-refractivity contribution in [3.05, 3.63) is 53.5 Å². The largest absolute Gasteiger partial charge is 0.365 e. The predicted molar refractivity (Wildman–Crippen MR) is 94.9 cm³/mol. The van der Waals surface area contributed by atoms with Gasteiger partial charge < -0.3 is 10.2 Å². The average molecular weight is 378 g/mol. The van der Waals surface area contributed by atoms with Gasteiger partial charge >= 0.3 is 0 Å². The van der Waals surface area contributed by atoms with Crippen LogP contribution in [0.5, 0.6) is 0 Å². The van der Waals surface area contributed by atoms with E-state index in [0.29, 0.717) is 18.8 Å². The highest BCUT2D eigenvalue weighted by Gasteiger charge is 2.33. The molecule has 1 saturated heterocycles. The molecule has 7 nitrogen and oxygen atoms in total. The summed E-state index contributed by atoms with van der Waals surface area (Å²) in [5, 5.41) is 10.9. The molecule has 1 aromatic carbocycles. The topological polar surface area (TPSA) is 92.3 Å². The number of rotatable bonds is 5. The Balaban J connectivity index is 1.59. The summed E-state index contributed by atoms with van der Waals surface area (Å²) in [5.74, 6) is -0.0788. The van der Waals surface area contributed by atoms with Crippen LogP contribution in [0.1, 0.15) is 22.5 Å². The second-order valence-electron chi connectivity index (χ2n) is 6.26. The van der Waals surface area contributed by atoms with Crippen LogP contribution in [-0.4, -0.2) is 54.0 Å². The maximum Gasteiger partial charge on any atom is 0.274 e. The van der Waals surface area contributed by atoms with E-state index in [9.17, 15) is 17.6 Å². The third-order valence-electron chi connectivity index (χ3n) is 4.35. The lowest BCUT2D eigenvalue weighted by atomic mass is 10.2. The number of anilines is 1. The van der Waals surface area contributed by atoms with Crippen LogP contribution in [0.4, 0.5) is 10.2 Å². The second kappa shape index (κ2) is 7.36. The molecule has 9 heteroatoms. The molecule has 1 atom stereocenters. The van der Waals surface area contributed by atoms with Gasteiger partial charge in [0.1, 0.15) is 11.6 Å². The van der Waals surface area contributed by atoms with E-state index in [2.05, 4.69) is 15.5 Å². The quantitative estimate of drug-likeness (QED) is 0.847. The molecule has 1 aromatic heterocycles. The molecule has 0 bridgehead atoms. The summed E-state index contributed by atoms with van der Waals surface area (Å²) in [7, 11) is -1.48. The average Bonchev–Trinajstić information content (AvgIpc) is 3.00. The lowest BCUT2D eigenvalue weighted by molar-refractivity contribution is 0.0740. The third-order valence-corrected chi connectivity index (χ3v) is 6.10. The van der Waals surface area contributed by atoms with Crippen LogP contribution in [0, 0.1) is 5.82 Å². The van der Waals surface area contributed by atoms with Crippen LogP contribution in [0.3, 0.4) is 0 Å². The Labute approximate surface area is 151 Å². The molecule has 0 aliphatic carbocycles. The molecule has 1 N–H and O–H groups in total. The lowest BCUT2D eigenvalue weighted by Gasteiger charge is -2.22. The van der Waals surface area contributed by atoms with Crippen molar-refractivity contribution in [3.8, 4) is 0 Å². The Kier molecular flexibility index (Phi) is 5.17. The first kappa shape index (κ1) is 18.2. The number of aromatic nitrogens is 2. The fourth-order valence-corrected chi connectivity index (χ4v) is 4.54. The summed E-state index contributed by atoms with van der Waals surface area (Å²) in [6.45, 7) is 0.447. The maximum atomic E-state index is 12.9. The number of nitrogens with zero attached hydrogens (tertiary/aromatic N) is 3. The van der Waals surface area contributed by atoms with Crippen molar-refractivity contribution in [1.29, 1.82) is 0 Å². The predicted octanol–water partition coefficient (Wildman–Crippen LogP) is 1.49. The first-order valence-electron chi connectivity index (χ1n) is 8.14. The summed E-state index contributed by atoms with van der Waals surface area (Å²) in [6, 6.07) is 8.93. The van der Waals surface area contributed by atoms with Gasteiger partial charge in [-0.2, -0.15) is 0 Å². The van der Waals surface area contributed by atoms with Gasteiger partial charge in [-0.3, -0.25) is 4.79 Å². The summed E-state index contributed by atoms with van der Waals surface area (Å²) in [4.78, 5) is 13.9. The molecule has 1 aliphatic rings. The summed E-state index contributed by atoms with van der Waals surface area (Å²) in [6.07, 6.45) is 0.440. The number of benzene rings is 1. The molecular formula is C17H19FN4O3S. The zero-order valence-corrected chi connectivity index (χ0v) is 15.0. The molecule has 2 heterocycles. The SMILES string of the molecule is CN(C(=O)c1ccc(NCc2ccc(F)cc2)nn1)C1CCS(=O)(=O)C1. The normalized spacial score (nSPS) is 18.5. The summed E-state index contributed by atoms with van der Waals surface area (Å²) >= 11 is 0. The monoisotopic (exact) mass is 378 g/mol. The van der Waals surface area contributed by atoms with E-state index in [-0.39, 0.29) is 35.0 Å². The standard InChI is InChI=1S/C17H19FN4O3S/c1-22(14-8-9-26(24,25)11-14)17(23)15-6-7-16(21-20-15)19-10-12-2-4-13(18)5-3-12/h2-7,14H,8-11H2,1H3,(H,19,21). The van der Waals surface area contributed by atoms with E-state index in [4.69, 9.17) is 0 Å². The van der Waals surface area contributed by atoms with E-state index in [1.54, 1.807) is 31.3 Å². The molecule has 1 amide bonds. The number of carbonyl (C=O) groups excluding carboxylic acids is 1. The minimum absolute atomic E-state index is 0.0139. The molecular weight excluding hydrogens is 359 g/mol. The van der Waals surface area contributed by atoms with Gasteiger partial charge in [-0.1, -0.05) is 12.1 Å². The Bertz CT molecular complexity index is 885. The fraction of sp³-hybridized carbons (Fsp3) is 0.353. The Morgan fingerprint density at radius 2 is 1.96 bits per heavy atom. The van der Waals surface area contributed by atoms with Gasteiger partial charge in [-0.15, -0.1) is 10.2 Å². The molecule has 0 radical (unpaired) electrons. The van der Waals surface area contributed by atoms with Crippen molar-refractivity contribution in [2.75, 3.05) is 23.9 Å². The van der Waals surface area contributed by atoms with Crippen LogP contribution in [0.15, 0.2) is 36.4 Å². The minimum Gasteiger partial charge on any atom is -0.365 e. The third kappa shape index (κ3) is 4.34. The van der Waals surface area contributed by atoms with Crippen LogP contribution in [0.2, 0.25) is 0 Å². The van der Waals surface area contributed by atoms with Crippen molar-refractivity contribution >= 4 is 21.6 Å². The molecule has 1 fully saturated rings. The first-order chi connectivity index (χ1) is 12.3. The molecule has 26 heavy (non-hydrogen) atoms. The van der Waals surface area contributed by atoms with Crippen LogP contribution < -0.4 is 5.32 Å². The number of halogens is 1. The van der Waals surface area contributed by atoms with Gasteiger partial charge in [0.2, 0.25) is 0 Å². The molecule has 2 aromatic rings. The van der Waals surface area contributed by atoms with Crippen molar-refractivity contribution in [2.24, 2.45) is 0 Å². The Morgan fingerprint density at radius 3 is 2.54 bits per heavy atom. The van der Waals surface area contributed by atoms with E-state index >= 15 is 0 Å². The Morgan fingerprint density at radius 1 is 1.23 bits per heavy atom. The van der Waals surface area contributed by atoms with Gasteiger partial charge in [-0.05, 0) is 36.2 Å². The van der Waals surface area contributed by atoms with Crippen molar-refractivity contribution < 1.29 is 17.6 Å². The van der Waals surface area contributed by atoms with Crippen LogP contribution in [0.25, 0.3) is 0 Å². The number of amides is 1. The van der Waals surface area contributed by atoms with Crippen molar-refractivity contribution in [1.82, 2.24) is 15.1 Å². The lowest BCUT2D eigenvalue weighted by Crippen LogP contribution is -2.38. The van der Waals surface area contributed by atoms with E-state index in [0.717, 1.165) is 5.56 Å². The smallest absolute Gasteiger partial charge is 0.274 e. The number of nitrogens with one attached hydrogen (secondary N) is 1. The van der Waals surface area contributed by atoms with Gasteiger partial charge in [0.05, 0.1) is 11.5 Å². The Hall–Kier alpha value is -2.55. The number of hydrogen-bond donors (Lipinski definition) is 1. The zero-order chi connectivity index (χ0) is 18.7. The van der Waals surface area contributed by atoms with Crippen LogP contribution in [-0.2, 0) is 16.4 Å². The van der Waals surface area contributed by atoms with Gasteiger partial charge in [0, 0.05) is 19.6 Å². The highest BCUT2D eigenvalue weighted by atomic mass is 32.2. The molecule has 138 valence electrons. The molecule has 1 aliphatic heterocycles. The molecule has 0 saturated carbocycles. The minimum atomic E-state index is -3.06. The molecule has 0 spiro atoms. The summed E-state index contributed by atoms with van der Waals surface area (Å²) in [5.41, 5.74) is 1.04. The second-order valence-corrected chi connectivity index (χ2v) is 8.49. The highest BCUT2D eigenvalue weighted by molar-refractivity contribution is 7.91. The van der Waals surface area contributed by atoms with Crippen molar-refractivity contribution in [3.63, 3.8) is 0 Å². The van der Waals surface area contributed by atoms with E-state index in [1.165, 1.54) is 17.0 Å². The van der Waals surface area contributed by atoms with Gasteiger partial charge in [0.15, 0.2) is 15.5 Å². The van der Waals surface area contributed by atoms with E-state index < -0.39 is 9.84 Å². The fourth-order valence-electron chi connectivity index (χ4n) is 2.76. The maximum absolute atomic E-state index is 12.9. The number of sulfone groups is 1. The zero-order valence-electron chi connectivity index (χ0n) is 14.2. The van der Waals surface area contributed by atoms with Gasteiger partial charge in [-0.25, -0.2) is 12.8 Å². The van der Waals surface area contributed by atoms with E-state index in [1.807, 2.05) is 0 Å². The van der Waals surface area contributed by atoms with Crippen molar-refractivity contribution in [2.45, 2.75) is 19.0 Å². The van der Waals surface area contributed by atoms with Crippen LogP contribution >= 0.6 is 0 Å². The number of carbonyl (C=O) groups is 1. The molecule has 1 unspecified atom stereocenters. The summed E-state index contributed by atoms with van der Waals surface area (Å²) < 4.78 is 36.0. The van der Waals surface area contributed by atoms with Gasteiger partial charge in [0.25, 0.3) is 5.91 Å². The first-order valence-corrected chi connectivity index (χ1v) is 9.96. The highest BCUT2D eigenvalue weighted by Crippen LogP contribution is 2.18. The molecule has 3 rings (SSSR count).